The molecule has 5 heteroatoms. The number of rotatable bonds is 9. The molecule has 1 aromatic rings. The van der Waals surface area contributed by atoms with Crippen LogP contribution in [0.3, 0.4) is 0 Å². The predicted octanol–water partition coefficient (Wildman–Crippen LogP) is 2.49. The number of aliphatic hydroxyl groups is 1. The minimum absolute atomic E-state index is 0.142. The molecule has 0 fully saturated rings. The van der Waals surface area contributed by atoms with Gasteiger partial charge in [-0.3, -0.25) is 4.98 Å². The maximum atomic E-state index is 9.65. The lowest BCUT2D eigenvalue weighted by Gasteiger charge is -2.34. The highest BCUT2D eigenvalue weighted by atomic mass is 32.2. The second-order valence-electron chi connectivity index (χ2n) is 5.09. The molecule has 108 valence electrons. The fourth-order valence-electron chi connectivity index (χ4n) is 2.15. The third kappa shape index (κ3) is 5.89. The molecule has 2 N–H and O–H groups in total. The van der Waals surface area contributed by atoms with E-state index in [-0.39, 0.29) is 12.1 Å². The molecule has 0 spiro atoms. The summed E-state index contributed by atoms with van der Waals surface area (Å²) in [6, 6.07) is 0.389. The van der Waals surface area contributed by atoms with Gasteiger partial charge in [-0.2, -0.15) is 0 Å². The molecule has 0 aliphatic rings. The van der Waals surface area contributed by atoms with Crippen molar-refractivity contribution in [2.45, 2.75) is 56.6 Å². The van der Waals surface area contributed by atoms with Crippen molar-refractivity contribution in [3.8, 4) is 0 Å². The molecular weight excluding hydrogens is 258 g/mol. The maximum Gasteiger partial charge on any atom is 0.114 e. The first-order valence-electron chi connectivity index (χ1n) is 6.89. The molecular formula is C14H25N3OS. The Kier molecular flexibility index (Phi) is 7.34. The molecule has 0 aliphatic heterocycles. The van der Waals surface area contributed by atoms with Gasteiger partial charge in [0.15, 0.2) is 0 Å². The van der Waals surface area contributed by atoms with Crippen LogP contribution in [-0.2, 0) is 0 Å². The van der Waals surface area contributed by atoms with Crippen molar-refractivity contribution in [1.29, 1.82) is 0 Å². The van der Waals surface area contributed by atoms with Crippen LogP contribution in [0.5, 0.6) is 0 Å². The minimum atomic E-state index is -0.142. The number of hydrogen-bond donors (Lipinski definition) is 2. The van der Waals surface area contributed by atoms with Gasteiger partial charge in [0, 0.05) is 24.0 Å². The molecule has 0 radical (unpaired) electrons. The smallest absolute Gasteiger partial charge is 0.114 e. The summed E-state index contributed by atoms with van der Waals surface area (Å²) in [5.41, 5.74) is -0.142. The standard InChI is InChI=1S/C14H25N3OS/c1-4-14(11-18,17-12(2)3)6-5-9-19-13-10-15-7-8-16-13/h7-8,10,12,17-18H,4-6,9,11H2,1-3H3. The highest BCUT2D eigenvalue weighted by Gasteiger charge is 2.26. The van der Waals surface area contributed by atoms with Gasteiger partial charge in [-0.15, -0.1) is 11.8 Å². The van der Waals surface area contributed by atoms with Crippen LogP contribution in [0.25, 0.3) is 0 Å². The molecule has 1 aromatic heterocycles. The zero-order valence-electron chi connectivity index (χ0n) is 12.1. The van der Waals surface area contributed by atoms with Crippen molar-refractivity contribution < 1.29 is 5.11 Å². The summed E-state index contributed by atoms with van der Waals surface area (Å²) in [6.45, 7) is 6.56. The highest BCUT2D eigenvalue weighted by molar-refractivity contribution is 7.99. The van der Waals surface area contributed by atoms with E-state index in [0.717, 1.165) is 30.0 Å². The normalized spacial score (nSPS) is 14.6. The van der Waals surface area contributed by atoms with Gasteiger partial charge in [0.25, 0.3) is 0 Å². The lowest BCUT2D eigenvalue weighted by molar-refractivity contribution is 0.137. The van der Waals surface area contributed by atoms with Gasteiger partial charge in [-0.05, 0) is 25.0 Å². The first-order valence-corrected chi connectivity index (χ1v) is 7.88. The molecule has 1 unspecified atom stereocenters. The van der Waals surface area contributed by atoms with Crippen molar-refractivity contribution in [3.05, 3.63) is 18.6 Å². The van der Waals surface area contributed by atoms with E-state index in [2.05, 4.69) is 36.1 Å². The summed E-state index contributed by atoms with van der Waals surface area (Å²) in [4.78, 5) is 8.29. The largest absolute Gasteiger partial charge is 0.394 e. The average Bonchev–Trinajstić information content (AvgIpc) is 2.43. The van der Waals surface area contributed by atoms with Gasteiger partial charge in [-0.1, -0.05) is 20.8 Å². The Hall–Kier alpha value is -0.650. The second-order valence-corrected chi connectivity index (χ2v) is 6.20. The molecule has 0 aliphatic carbocycles. The maximum absolute atomic E-state index is 9.65. The second kappa shape index (κ2) is 8.51. The Labute approximate surface area is 120 Å². The van der Waals surface area contributed by atoms with Crippen molar-refractivity contribution in [3.63, 3.8) is 0 Å². The van der Waals surface area contributed by atoms with E-state index in [1.165, 1.54) is 0 Å². The molecule has 1 atom stereocenters. The predicted molar refractivity (Wildman–Crippen MR) is 80.4 cm³/mol. The molecule has 0 saturated carbocycles. The lowest BCUT2D eigenvalue weighted by atomic mass is 9.91. The van der Waals surface area contributed by atoms with Crippen LogP contribution in [0.4, 0.5) is 0 Å². The molecule has 0 amide bonds. The van der Waals surface area contributed by atoms with Gasteiger partial charge < -0.3 is 10.4 Å². The summed E-state index contributed by atoms with van der Waals surface area (Å²) in [5.74, 6) is 1.00. The summed E-state index contributed by atoms with van der Waals surface area (Å²) in [7, 11) is 0. The van der Waals surface area contributed by atoms with Gasteiger partial charge in [0.2, 0.25) is 0 Å². The number of nitrogens with one attached hydrogen (secondary N) is 1. The Morgan fingerprint density at radius 3 is 2.74 bits per heavy atom. The average molecular weight is 283 g/mol. The van der Waals surface area contributed by atoms with Crippen LogP contribution >= 0.6 is 11.8 Å². The van der Waals surface area contributed by atoms with Crippen molar-refractivity contribution in [2.24, 2.45) is 0 Å². The van der Waals surface area contributed by atoms with Crippen LogP contribution in [0, 0.1) is 0 Å². The molecule has 0 bridgehead atoms. The van der Waals surface area contributed by atoms with E-state index >= 15 is 0 Å². The van der Waals surface area contributed by atoms with Crippen LogP contribution < -0.4 is 5.32 Å². The molecule has 1 rings (SSSR count). The zero-order valence-corrected chi connectivity index (χ0v) is 12.9. The van der Waals surface area contributed by atoms with E-state index < -0.39 is 0 Å². The van der Waals surface area contributed by atoms with E-state index in [1.807, 2.05) is 0 Å². The van der Waals surface area contributed by atoms with Gasteiger partial charge in [0.05, 0.1) is 12.8 Å². The Bertz CT molecular complexity index is 342. The summed E-state index contributed by atoms with van der Waals surface area (Å²) in [5, 5.41) is 14.1. The van der Waals surface area contributed by atoms with E-state index in [9.17, 15) is 5.11 Å². The van der Waals surface area contributed by atoms with Crippen LogP contribution in [0.1, 0.15) is 40.0 Å². The molecule has 4 nitrogen and oxygen atoms in total. The number of aromatic nitrogens is 2. The SMILES string of the molecule is CCC(CO)(CCCSc1cnccn1)NC(C)C. The Morgan fingerprint density at radius 1 is 1.42 bits per heavy atom. The zero-order chi connectivity index (χ0) is 14.1. The first-order chi connectivity index (χ1) is 9.12. The Morgan fingerprint density at radius 2 is 2.21 bits per heavy atom. The van der Waals surface area contributed by atoms with Crippen LogP contribution in [-0.4, -0.2) is 39.0 Å². The fraction of sp³-hybridized carbons (Fsp3) is 0.714. The Balaban J connectivity index is 2.36. The number of hydrogen-bond acceptors (Lipinski definition) is 5. The van der Waals surface area contributed by atoms with Crippen molar-refractivity contribution in [2.75, 3.05) is 12.4 Å². The van der Waals surface area contributed by atoms with Gasteiger partial charge in [0.1, 0.15) is 5.03 Å². The highest BCUT2D eigenvalue weighted by Crippen LogP contribution is 2.21. The third-order valence-electron chi connectivity index (χ3n) is 3.16. The third-order valence-corrected chi connectivity index (χ3v) is 4.16. The molecule has 0 saturated heterocycles. The summed E-state index contributed by atoms with van der Waals surface area (Å²) >= 11 is 1.72. The summed E-state index contributed by atoms with van der Waals surface area (Å²) in [6.07, 6.45) is 8.16. The molecule has 0 aromatic carbocycles. The molecule has 19 heavy (non-hydrogen) atoms. The summed E-state index contributed by atoms with van der Waals surface area (Å²) < 4.78 is 0. The first kappa shape index (κ1) is 16.4. The number of thioether (sulfide) groups is 1. The quantitative estimate of drug-likeness (QED) is 0.538. The fourth-order valence-corrected chi connectivity index (χ4v) is 2.92. The number of aliphatic hydroxyl groups excluding tert-OH is 1. The topological polar surface area (TPSA) is 58.0 Å². The lowest BCUT2D eigenvalue weighted by Crippen LogP contribution is -2.51. The van der Waals surface area contributed by atoms with Gasteiger partial charge in [-0.25, -0.2) is 4.98 Å². The monoisotopic (exact) mass is 283 g/mol. The van der Waals surface area contributed by atoms with Crippen molar-refractivity contribution in [1.82, 2.24) is 15.3 Å². The van der Waals surface area contributed by atoms with Crippen LogP contribution in [0.15, 0.2) is 23.6 Å². The van der Waals surface area contributed by atoms with E-state index in [1.54, 1.807) is 30.4 Å². The van der Waals surface area contributed by atoms with Crippen LogP contribution in [0.2, 0.25) is 0 Å². The van der Waals surface area contributed by atoms with E-state index in [4.69, 9.17) is 0 Å². The van der Waals surface area contributed by atoms with Gasteiger partial charge >= 0.3 is 0 Å². The molecule has 1 heterocycles. The minimum Gasteiger partial charge on any atom is -0.394 e. The van der Waals surface area contributed by atoms with Crippen molar-refractivity contribution >= 4 is 11.8 Å². The number of nitrogens with zero attached hydrogens (tertiary/aromatic N) is 2. The van der Waals surface area contributed by atoms with E-state index in [0.29, 0.717) is 6.04 Å².